The molecule has 114 valence electrons. The van der Waals surface area contributed by atoms with Crippen LogP contribution in [0.1, 0.15) is 21.5 Å². The second-order valence-electron chi connectivity index (χ2n) is 5.34. The van der Waals surface area contributed by atoms with Gasteiger partial charge in [-0.1, -0.05) is 18.2 Å². The molecule has 5 heteroatoms. The molecular weight excluding hydrogens is 288 g/mol. The summed E-state index contributed by atoms with van der Waals surface area (Å²) in [5.74, 6) is -1.45. The number of benzene rings is 2. The van der Waals surface area contributed by atoms with Crippen molar-refractivity contribution in [1.29, 1.82) is 0 Å². The number of hydrogen-bond acceptors (Lipinski definition) is 2. The van der Waals surface area contributed by atoms with Crippen molar-refractivity contribution in [1.82, 2.24) is 5.32 Å². The summed E-state index contributed by atoms with van der Waals surface area (Å²) in [6, 6.07) is 9.32. The second-order valence-corrected chi connectivity index (χ2v) is 5.34. The fraction of sp³-hybridized carbons (Fsp3) is 0.235. The van der Waals surface area contributed by atoms with Gasteiger partial charge in [0.2, 0.25) is 0 Å². The first-order valence-electron chi connectivity index (χ1n) is 7.03. The summed E-state index contributed by atoms with van der Waals surface area (Å²) >= 11 is 0. The summed E-state index contributed by atoms with van der Waals surface area (Å²) in [5.41, 5.74) is 1.96. The quantitative estimate of drug-likeness (QED) is 0.946. The van der Waals surface area contributed by atoms with Crippen LogP contribution in [0.4, 0.5) is 8.78 Å². The fourth-order valence-electron chi connectivity index (χ4n) is 2.59. The van der Waals surface area contributed by atoms with Crippen LogP contribution in [0.25, 0.3) is 0 Å². The van der Waals surface area contributed by atoms with Crippen LogP contribution in [0.3, 0.4) is 0 Å². The van der Waals surface area contributed by atoms with E-state index < -0.39 is 11.6 Å². The third-order valence-electron chi connectivity index (χ3n) is 3.70. The van der Waals surface area contributed by atoms with Crippen LogP contribution >= 0.6 is 0 Å². The molecule has 1 heterocycles. The monoisotopic (exact) mass is 303 g/mol. The molecule has 1 aliphatic heterocycles. The highest BCUT2D eigenvalue weighted by Gasteiger charge is 2.27. The van der Waals surface area contributed by atoms with Gasteiger partial charge in [0.1, 0.15) is 11.9 Å². The van der Waals surface area contributed by atoms with E-state index in [4.69, 9.17) is 4.74 Å². The van der Waals surface area contributed by atoms with Crippen molar-refractivity contribution in [3.63, 3.8) is 0 Å². The van der Waals surface area contributed by atoms with Crippen molar-refractivity contribution in [2.75, 3.05) is 6.54 Å². The maximum absolute atomic E-state index is 13.6. The van der Waals surface area contributed by atoms with Gasteiger partial charge < -0.3 is 10.1 Å². The van der Waals surface area contributed by atoms with Crippen molar-refractivity contribution in [3.8, 4) is 5.75 Å². The largest absolute Gasteiger partial charge is 0.485 e. The summed E-state index contributed by atoms with van der Waals surface area (Å²) in [5, 5.41) is 2.77. The predicted octanol–water partition coefficient (Wildman–Crippen LogP) is 3.01. The summed E-state index contributed by atoms with van der Waals surface area (Å²) in [7, 11) is 0. The van der Waals surface area contributed by atoms with Crippen LogP contribution < -0.4 is 10.1 Å². The molecule has 0 radical (unpaired) electrons. The van der Waals surface area contributed by atoms with Crippen LogP contribution in [0, 0.1) is 18.6 Å². The van der Waals surface area contributed by atoms with Gasteiger partial charge in [0.15, 0.2) is 11.6 Å². The van der Waals surface area contributed by atoms with Gasteiger partial charge in [-0.15, -0.1) is 0 Å². The molecule has 3 rings (SSSR count). The van der Waals surface area contributed by atoms with Crippen molar-refractivity contribution >= 4 is 5.91 Å². The highest BCUT2D eigenvalue weighted by Crippen LogP contribution is 2.32. The minimum atomic E-state index is -0.706. The Kier molecular flexibility index (Phi) is 3.79. The van der Waals surface area contributed by atoms with E-state index >= 15 is 0 Å². The fourth-order valence-corrected chi connectivity index (χ4v) is 2.59. The molecule has 1 amide bonds. The lowest BCUT2D eigenvalue weighted by molar-refractivity contribution is 0.0932. The molecule has 0 spiro atoms. The van der Waals surface area contributed by atoms with E-state index in [-0.39, 0.29) is 24.3 Å². The molecule has 22 heavy (non-hydrogen) atoms. The highest BCUT2D eigenvalue weighted by molar-refractivity contribution is 5.95. The lowest BCUT2D eigenvalue weighted by atomic mass is 10.1. The lowest BCUT2D eigenvalue weighted by Crippen LogP contribution is -2.34. The predicted molar refractivity (Wildman–Crippen MR) is 78.0 cm³/mol. The lowest BCUT2D eigenvalue weighted by Gasteiger charge is -2.13. The van der Waals surface area contributed by atoms with Gasteiger partial charge in [-0.3, -0.25) is 4.79 Å². The smallest absolute Gasteiger partial charge is 0.251 e. The molecule has 0 fully saturated rings. The normalized spacial score (nSPS) is 16.0. The SMILES string of the molecule is Cc1ccccc1C(=O)NCC1Cc2cc(F)cc(F)c2O1. The third kappa shape index (κ3) is 2.79. The number of ether oxygens (including phenoxy) is 1. The molecule has 0 saturated carbocycles. The maximum atomic E-state index is 13.6. The zero-order chi connectivity index (χ0) is 15.7. The number of carbonyl (C=O) groups excluding carboxylic acids is 1. The van der Waals surface area contributed by atoms with E-state index in [9.17, 15) is 13.6 Å². The molecule has 1 N–H and O–H groups in total. The van der Waals surface area contributed by atoms with Gasteiger partial charge in [0, 0.05) is 23.6 Å². The molecule has 2 aromatic carbocycles. The van der Waals surface area contributed by atoms with Gasteiger partial charge in [-0.25, -0.2) is 8.78 Å². The van der Waals surface area contributed by atoms with Crippen molar-refractivity contribution in [3.05, 3.63) is 64.7 Å². The topological polar surface area (TPSA) is 38.3 Å². The number of amides is 1. The van der Waals surface area contributed by atoms with Gasteiger partial charge in [0.05, 0.1) is 6.54 Å². The number of hydrogen-bond donors (Lipinski definition) is 1. The van der Waals surface area contributed by atoms with E-state index in [1.165, 1.54) is 6.07 Å². The average Bonchev–Trinajstić information content (AvgIpc) is 2.88. The molecule has 1 unspecified atom stereocenters. The average molecular weight is 303 g/mol. The standard InChI is InChI=1S/C17H15F2NO2/c1-10-4-2-3-5-14(10)17(21)20-9-13-7-11-6-12(18)8-15(19)16(11)22-13/h2-6,8,13H,7,9H2,1H3,(H,20,21). The maximum Gasteiger partial charge on any atom is 0.251 e. The van der Waals surface area contributed by atoms with Crippen LogP contribution in [0.5, 0.6) is 5.75 Å². The third-order valence-corrected chi connectivity index (χ3v) is 3.70. The molecule has 0 aliphatic carbocycles. The van der Waals surface area contributed by atoms with Gasteiger partial charge in [-0.05, 0) is 24.6 Å². The first-order chi connectivity index (χ1) is 10.5. The van der Waals surface area contributed by atoms with E-state index in [1.54, 1.807) is 12.1 Å². The van der Waals surface area contributed by atoms with Gasteiger partial charge >= 0.3 is 0 Å². The number of fused-ring (bicyclic) bond motifs is 1. The van der Waals surface area contributed by atoms with Crippen molar-refractivity contribution in [2.45, 2.75) is 19.4 Å². The number of carbonyl (C=O) groups is 1. The highest BCUT2D eigenvalue weighted by atomic mass is 19.1. The Bertz CT molecular complexity index is 731. The Balaban J connectivity index is 1.64. The first-order valence-corrected chi connectivity index (χ1v) is 7.03. The van der Waals surface area contributed by atoms with Crippen molar-refractivity contribution < 1.29 is 18.3 Å². The number of halogens is 2. The molecular formula is C17H15F2NO2. The van der Waals surface area contributed by atoms with Gasteiger partial charge in [-0.2, -0.15) is 0 Å². The minimum absolute atomic E-state index is 0.0801. The van der Waals surface area contributed by atoms with Crippen molar-refractivity contribution in [2.24, 2.45) is 0 Å². The molecule has 0 aromatic heterocycles. The van der Waals surface area contributed by atoms with E-state index in [2.05, 4.69) is 5.32 Å². The zero-order valence-corrected chi connectivity index (χ0v) is 12.0. The molecule has 1 aliphatic rings. The van der Waals surface area contributed by atoms with Crippen LogP contribution in [0.15, 0.2) is 36.4 Å². The number of rotatable bonds is 3. The van der Waals surface area contributed by atoms with Crippen LogP contribution in [0.2, 0.25) is 0 Å². The minimum Gasteiger partial charge on any atom is -0.485 e. The molecule has 1 atom stereocenters. The van der Waals surface area contributed by atoms with E-state index in [0.717, 1.165) is 11.6 Å². The number of aryl methyl sites for hydroxylation is 1. The molecule has 3 nitrogen and oxygen atoms in total. The molecule has 2 aromatic rings. The zero-order valence-electron chi connectivity index (χ0n) is 12.0. The van der Waals surface area contributed by atoms with Gasteiger partial charge in [0.25, 0.3) is 5.91 Å². The van der Waals surface area contributed by atoms with E-state index in [0.29, 0.717) is 17.5 Å². The Morgan fingerprint density at radius 1 is 1.32 bits per heavy atom. The first kappa shape index (κ1) is 14.5. The Morgan fingerprint density at radius 2 is 2.09 bits per heavy atom. The molecule has 0 saturated heterocycles. The Hall–Kier alpha value is -2.43. The summed E-state index contributed by atoms with van der Waals surface area (Å²) in [4.78, 5) is 12.1. The van der Waals surface area contributed by atoms with Crippen LogP contribution in [-0.2, 0) is 6.42 Å². The Morgan fingerprint density at radius 3 is 2.86 bits per heavy atom. The van der Waals surface area contributed by atoms with E-state index in [1.807, 2.05) is 19.1 Å². The molecule has 0 bridgehead atoms. The summed E-state index contributed by atoms with van der Waals surface area (Å²) in [6.45, 7) is 2.10. The number of nitrogens with one attached hydrogen (secondary N) is 1. The summed E-state index contributed by atoms with van der Waals surface area (Å²) < 4.78 is 32.2. The Labute approximate surface area is 126 Å². The summed E-state index contributed by atoms with van der Waals surface area (Å²) in [6.07, 6.45) is -0.0165. The van der Waals surface area contributed by atoms with Crippen LogP contribution in [-0.4, -0.2) is 18.6 Å². The second kappa shape index (κ2) is 5.75.